The number of carbonyl (C=O) groups is 1. The SMILES string of the molecule is COCCn1c(=NC(=O)C2COc3ccccc3O2)sc2c(C)cc(C)cc21. The summed E-state index contributed by atoms with van der Waals surface area (Å²) in [6, 6.07) is 11.6. The van der Waals surface area contributed by atoms with Crippen LogP contribution in [0.2, 0.25) is 0 Å². The van der Waals surface area contributed by atoms with E-state index in [0.717, 1.165) is 10.2 Å². The summed E-state index contributed by atoms with van der Waals surface area (Å²) in [5, 5.41) is 0. The second-order valence-corrected chi connectivity index (χ2v) is 7.75. The van der Waals surface area contributed by atoms with Gasteiger partial charge in [0, 0.05) is 13.7 Å². The fourth-order valence-corrected chi connectivity index (χ4v) is 4.42. The fourth-order valence-electron chi connectivity index (χ4n) is 3.30. The monoisotopic (exact) mass is 398 g/mol. The van der Waals surface area contributed by atoms with E-state index in [1.165, 1.54) is 22.5 Å². The Morgan fingerprint density at radius 2 is 2.07 bits per heavy atom. The first-order valence-electron chi connectivity index (χ1n) is 9.13. The Balaban J connectivity index is 1.72. The van der Waals surface area contributed by atoms with Crippen molar-refractivity contribution >= 4 is 27.5 Å². The van der Waals surface area contributed by atoms with Gasteiger partial charge in [0.25, 0.3) is 5.91 Å². The summed E-state index contributed by atoms with van der Waals surface area (Å²) in [5.41, 5.74) is 3.41. The Morgan fingerprint density at radius 1 is 1.29 bits per heavy atom. The lowest BCUT2D eigenvalue weighted by molar-refractivity contribution is -0.127. The molecule has 4 rings (SSSR count). The van der Waals surface area contributed by atoms with Crippen LogP contribution >= 0.6 is 11.3 Å². The van der Waals surface area contributed by atoms with Crippen LogP contribution in [0.5, 0.6) is 11.5 Å². The van der Waals surface area contributed by atoms with Gasteiger partial charge >= 0.3 is 0 Å². The molecule has 0 saturated heterocycles. The maximum atomic E-state index is 12.8. The van der Waals surface area contributed by atoms with Crippen molar-refractivity contribution in [3.05, 3.63) is 52.3 Å². The molecule has 3 aromatic rings. The van der Waals surface area contributed by atoms with Gasteiger partial charge in [-0.15, -0.1) is 0 Å². The zero-order chi connectivity index (χ0) is 19.7. The van der Waals surface area contributed by atoms with E-state index < -0.39 is 6.10 Å². The van der Waals surface area contributed by atoms with E-state index in [9.17, 15) is 4.79 Å². The number of thiazole rings is 1. The van der Waals surface area contributed by atoms with Gasteiger partial charge < -0.3 is 18.8 Å². The minimum atomic E-state index is -0.751. The molecule has 1 unspecified atom stereocenters. The van der Waals surface area contributed by atoms with Crippen molar-refractivity contribution in [1.29, 1.82) is 0 Å². The van der Waals surface area contributed by atoms with Gasteiger partial charge in [-0.3, -0.25) is 4.79 Å². The van der Waals surface area contributed by atoms with Crippen LogP contribution in [0.15, 0.2) is 41.4 Å². The van der Waals surface area contributed by atoms with Crippen molar-refractivity contribution in [2.24, 2.45) is 4.99 Å². The summed E-state index contributed by atoms with van der Waals surface area (Å²) in [6.45, 7) is 5.46. The smallest absolute Gasteiger partial charge is 0.292 e. The molecule has 0 radical (unpaired) electrons. The van der Waals surface area contributed by atoms with Crippen LogP contribution in [0, 0.1) is 13.8 Å². The Hall–Kier alpha value is -2.64. The lowest BCUT2D eigenvalue weighted by Gasteiger charge is -2.23. The summed E-state index contributed by atoms with van der Waals surface area (Å²) < 4.78 is 19.9. The summed E-state index contributed by atoms with van der Waals surface area (Å²) in [7, 11) is 1.66. The summed E-state index contributed by atoms with van der Waals surface area (Å²) in [6.07, 6.45) is -0.751. The quantitative estimate of drug-likeness (QED) is 0.677. The Labute approximate surface area is 167 Å². The zero-order valence-corrected chi connectivity index (χ0v) is 16.9. The average Bonchev–Trinajstić information content (AvgIpc) is 3.03. The molecule has 0 bridgehead atoms. The van der Waals surface area contributed by atoms with Crippen LogP contribution in [0.4, 0.5) is 0 Å². The number of para-hydroxylation sites is 2. The number of nitrogens with zero attached hydrogens (tertiary/aromatic N) is 2. The molecule has 0 N–H and O–H groups in total. The van der Waals surface area contributed by atoms with E-state index in [1.54, 1.807) is 13.2 Å². The number of fused-ring (bicyclic) bond motifs is 2. The van der Waals surface area contributed by atoms with Crippen LogP contribution in [-0.2, 0) is 16.1 Å². The number of hydrogen-bond acceptors (Lipinski definition) is 5. The van der Waals surface area contributed by atoms with Gasteiger partial charge in [0.2, 0.25) is 6.10 Å². The molecule has 2 aromatic carbocycles. The predicted octanol–water partition coefficient (Wildman–Crippen LogP) is 3.23. The molecular weight excluding hydrogens is 376 g/mol. The number of ether oxygens (including phenoxy) is 3. The molecule has 1 atom stereocenters. The van der Waals surface area contributed by atoms with Crippen LogP contribution in [0.3, 0.4) is 0 Å². The van der Waals surface area contributed by atoms with Crippen LogP contribution in [-0.4, -0.2) is 36.9 Å². The topological polar surface area (TPSA) is 62.1 Å². The largest absolute Gasteiger partial charge is 0.485 e. The van der Waals surface area contributed by atoms with Crippen molar-refractivity contribution < 1.29 is 19.0 Å². The van der Waals surface area contributed by atoms with Gasteiger partial charge in [0.15, 0.2) is 16.3 Å². The standard InChI is InChI=1S/C21H22N2O4S/c1-13-10-14(2)19-15(11-13)23(8-9-25-3)21(28-19)22-20(24)18-12-26-16-6-4-5-7-17(16)27-18/h4-7,10-11,18H,8-9,12H2,1-3H3. The van der Waals surface area contributed by atoms with E-state index in [1.807, 2.05) is 22.8 Å². The molecule has 1 amide bonds. The first-order valence-corrected chi connectivity index (χ1v) is 9.95. The van der Waals surface area contributed by atoms with Gasteiger partial charge in [-0.2, -0.15) is 4.99 Å². The highest BCUT2D eigenvalue weighted by atomic mass is 32.1. The third kappa shape index (κ3) is 3.55. The van der Waals surface area contributed by atoms with Crippen molar-refractivity contribution in [3.63, 3.8) is 0 Å². The van der Waals surface area contributed by atoms with Gasteiger partial charge in [-0.1, -0.05) is 29.5 Å². The molecule has 1 aromatic heterocycles. The molecule has 1 aliphatic heterocycles. The molecule has 0 aliphatic carbocycles. The van der Waals surface area contributed by atoms with Crippen molar-refractivity contribution in [2.45, 2.75) is 26.5 Å². The van der Waals surface area contributed by atoms with E-state index in [-0.39, 0.29) is 12.5 Å². The fraction of sp³-hybridized carbons (Fsp3) is 0.333. The lowest BCUT2D eigenvalue weighted by Crippen LogP contribution is -2.37. The van der Waals surface area contributed by atoms with Gasteiger partial charge in [-0.25, -0.2) is 0 Å². The Kier molecular flexibility index (Phi) is 5.19. The van der Waals surface area contributed by atoms with Crippen LogP contribution in [0.1, 0.15) is 11.1 Å². The van der Waals surface area contributed by atoms with Gasteiger partial charge in [0.1, 0.15) is 6.61 Å². The predicted molar refractivity (Wildman–Crippen MR) is 108 cm³/mol. The normalized spacial score (nSPS) is 16.5. The van der Waals surface area contributed by atoms with Crippen LogP contribution in [0.25, 0.3) is 10.2 Å². The van der Waals surface area contributed by atoms with Gasteiger partial charge in [0.05, 0.1) is 16.8 Å². The Morgan fingerprint density at radius 3 is 2.86 bits per heavy atom. The number of aryl methyl sites for hydroxylation is 2. The maximum Gasteiger partial charge on any atom is 0.292 e. The Bertz CT molecular complexity index is 1100. The molecule has 0 spiro atoms. The second kappa shape index (κ2) is 7.77. The molecule has 6 nitrogen and oxygen atoms in total. The number of aromatic nitrogens is 1. The second-order valence-electron chi connectivity index (χ2n) is 6.77. The average molecular weight is 398 g/mol. The van der Waals surface area contributed by atoms with E-state index >= 15 is 0 Å². The number of carbonyl (C=O) groups excluding carboxylic acids is 1. The molecule has 146 valence electrons. The molecule has 0 saturated carbocycles. The zero-order valence-electron chi connectivity index (χ0n) is 16.1. The number of benzene rings is 2. The highest BCUT2D eigenvalue weighted by molar-refractivity contribution is 7.16. The number of hydrogen-bond donors (Lipinski definition) is 0. The summed E-state index contributed by atoms with van der Waals surface area (Å²) in [5.74, 6) is 0.869. The highest BCUT2D eigenvalue weighted by Gasteiger charge is 2.27. The number of amides is 1. The third-order valence-electron chi connectivity index (χ3n) is 4.62. The molecule has 7 heteroatoms. The van der Waals surface area contributed by atoms with Gasteiger partial charge in [-0.05, 0) is 43.2 Å². The number of methoxy groups -OCH3 is 1. The summed E-state index contributed by atoms with van der Waals surface area (Å²) in [4.78, 5) is 17.9. The van der Waals surface area contributed by atoms with Crippen molar-refractivity contribution in [2.75, 3.05) is 20.3 Å². The molecule has 0 fully saturated rings. The minimum Gasteiger partial charge on any atom is -0.485 e. The molecule has 2 heterocycles. The third-order valence-corrected chi connectivity index (χ3v) is 5.85. The van der Waals surface area contributed by atoms with Crippen molar-refractivity contribution in [3.8, 4) is 11.5 Å². The minimum absolute atomic E-state index is 0.153. The first kappa shape index (κ1) is 18.7. The molecule has 1 aliphatic rings. The van der Waals surface area contributed by atoms with Crippen molar-refractivity contribution in [1.82, 2.24) is 4.57 Å². The maximum absolute atomic E-state index is 12.8. The van der Waals surface area contributed by atoms with E-state index in [2.05, 4.69) is 31.0 Å². The van der Waals surface area contributed by atoms with E-state index in [4.69, 9.17) is 14.2 Å². The summed E-state index contributed by atoms with van der Waals surface area (Å²) >= 11 is 1.51. The molecular formula is C21H22N2O4S. The lowest BCUT2D eigenvalue weighted by atomic mass is 10.1. The highest BCUT2D eigenvalue weighted by Crippen LogP contribution is 2.31. The first-order chi connectivity index (χ1) is 13.6. The number of rotatable bonds is 4. The van der Waals surface area contributed by atoms with Crippen LogP contribution < -0.4 is 14.3 Å². The van der Waals surface area contributed by atoms with E-state index in [0.29, 0.717) is 29.5 Å². The molecule has 28 heavy (non-hydrogen) atoms.